The lowest BCUT2D eigenvalue weighted by Gasteiger charge is -2.19. The van der Waals surface area contributed by atoms with Crippen LogP contribution in [0.2, 0.25) is 0 Å². The van der Waals surface area contributed by atoms with Gasteiger partial charge in [-0.15, -0.1) is 0 Å². The summed E-state index contributed by atoms with van der Waals surface area (Å²) in [4.78, 5) is 32.3. The number of carboxylic acids is 1. The normalized spacial score (nSPS) is 11.6. The largest absolute Gasteiger partial charge is 0.507 e. The van der Waals surface area contributed by atoms with Crippen LogP contribution < -0.4 is 5.43 Å². The minimum absolute atomic E-state index is 0.0399. The van der Waals surface area contributed by atoms with Crippen LogP contribution in [0.4, 0.5) is 0 Å². The van der Waals surface area contributed by atoms with Crippen molar-refractivity contribution in [3.05, 3.63) is 107 Å². The molecule has 6 rings (SSSR count). The van der Waals surface area contributed by atoms with Crippen LogP contribution in [0.5, 0.6) is 5.75 Å². The molecule has 1 aliphatic carbocycles. The topological polar surface area (TPSA) is 168 Å². The standard InChI is InChI=1S/C30H18N2O8S/c33-24-12-26-22(10-20(24)17-3-1-7-31-14-17)29(19-6-5-16(30(35)36)9-28(19)41(37,38)39)23-11-21(18-4-2-8-32-15-18)25(34)13-27(23)40-26/h1-15,33H,(H,35,36)(H,37,38,39). The third-order valence-corrected chi connectivity index (χ3v) is 7.55. The number of phenolic OH excluding ortho intramolecular Hbond substituents is 1. The second-order valence-corrected chi connectivity index (χ2v) is 10.6. The van der Waals surface area contributed by atoms with E-state index < -0.39 is 26.4 Å². The SMILES string of the molecule is O=C(O)c1ccc(-c2c3cc(-c4cccnc4)c(=O)cc-3oc3cc(O)c(-c4cccnc4)cc23)c(S(=O)(=O)O)c1. The van der Waals surface area contributed by atoms with Gasteiger partial charge < -0.3 is 14.6 Å². The van der Waals surface area contributed by atoms with Crippen molar-refractivity contribution in [2.24, 2.45) is 0 Å². The highest BCUT2D eigenvalue weighted by atomic mass is 32.2. The molecule has 1 aliphatic heterocycles. The highest BCUT2D eigenvalue weighted by Gasteiger charge is 2.27. The fourth-order valence-electron chi connectivity index (χ4n) is 4.82. The summed E-state index contributed by atoms with van der Waals surface area (Å²) in [7, 11) is -4.94. The van der Waals surface area contributed by atoms with E-state index in [0.29, 0.717) is 27.6 Å². The van der Waals surface area contributed by atoms with Crippen LogP contribution in [0, 0.1) is 0 Å². The summed E-state index contributed by atoms with van der Waals surface area (Å²) in [5, 5.41) is 20.7. The molecule has 3 heterocycles. The Hall–Kier alpha value is -5.39. The molecule has 0 amide bonds. The predicted octanol–water partition coefficient (Wildman–Crippen LogP) is 5.34. The van der Waals surface area contributed by atoms with Crippen molar-refractivity contribution in [3.63, 3.8) is 0 Å². The van der Waals surface area contributed by atoms with Gasteiger partial charge in [-0.3, -0.25) is 19.3 Å². The van der Waals surface area contributed by atoms with E-state index in [0.717, 1.165) is 6.07 Å². The molecular weight excluding hydrogens is 548 g/mol. The number of hydrogen-bond donors (Lipinski definition) is 3. The number of rotatable bonds is 5. The molecule has 10 nitrogen and oxygen atoms in total. The van der Waals surface area contributed by atoms with Crippen molar-refractivity contribution in [2.45, 2.75) is 4.90 Å². The van der Waals surface area contributed by atoms with Gasteiger partial charge in [-0.25, -0.2) is 4.79 Å². The Morgan fingerprint density at radius 2 is 1.49 bits per heavy atom. The molecule has 202 valence electrons. The van der Waals surface area contributed by atoms with Crippen LogP contribution in [0.1, 0.15) is 10.4 Å². The average molecular weight is 567 g/mol. The van der Waals surface area contributed by atoms with Crippen LogP contribution in [0.15, 0.2) is 106 Å². The average Bonchev–Trinajstić information content (AvgIpc) is 2.95. The summed E-state index contributed by atoms with van der Waals surface area (Å²) in [6.45, 7) is 0. The highest BCUT2D eigenvalue weighted by Crippen LogP contribution is 2.46. The van der Waals surface area contributed by atoms with Gasteiger partial charge in [0, 0.05) is 81.3 Å². The summed E-state index contributed by atoms with van der Waals surface area (Å²) in [5.41, 5.74) is 1.50. The van der Waals surface area contributed by atoms with Gasteiger partial charge in [0.2, 0.25) is 0 Å². The zero-order chi connectivity index (χ0) is 28.9. The van der Waals surface area contributed by atoms with E-state index in [2.05, 4.69) is 9.97 Å². The smallest absolute Gasteiger partial charge is 0.335 e. The molecule has 41 heavy (non-hydrogen) atoms. The van der Waals surface area contributed by atoms with Gasteiger partial charge >= 0.3 is 5.97 Å². The van der Waals surface area contributed by atoms with Gasteiger partial charge in [0.25, 0.3) is 10.1 Å². The zero-order valence-electron chi connectivity index (χ0n) is 20.8. The number of benzene rings is 3. The van der Waals surface area contributed by atoms with Crippen LogP contribution in [0.3, 0.4) is 0 Å². The molecular formula is C30H18N2O8S. The molecule has 0 saturated carbocycles. The van der Waals surface area contributed by atoms with Crippen molar-refractivity contribution < 1.29 is 32.4 Å². The van der Waals surface area contributed by atoms with E-state index in [4.69, 9.17) is 4.42 Å². The van der Waals surface area contributed by atoms with Gasteiger partial charge in [0.15, 0.2) is 5.43 Å². The Morgan fingerprint density at radius 1 is 0.805 bits per heavy atom. The second kappa shape index (κ2) is 9.66. The molecule has 0 bridgehead atoms. The number of fused-ring (bicyclic) bond motifs is 2. The molecule has 3 N–H and O–H groups in total. The third-order valence-electron chi connectivity index (χ3n) is 6.66. The molecule has 2 aliphatic rings. The number of pyridine rings is 2. The number of phenols is 1. The Labute approximate surface area is 231 Å². The fourth-order valence-corrected chi connectivity index (χ4v) is 5.54. The Morgan fingerprint density at radius 3 is 2.10 bits per heavy atom. The minimum Gasteiger partial charge on any atom is -0.507 e. The van der Waals surface area contributed by atoms with E-state index in [-0.39, 0.29) is 39.3 Å². The highest BCUT2D eigenvalue weighted by molar-refractivity contribution is 7.86. The molecule has 2 aromatic carbocycles. The number of hydrogen-bond acceptors (Lipinski definition) is 8. The first-order valence-electron chi connectivity index (χ1n) is 12.1. The Balaban J connectivity index is 1.81. The maximum absolute atomic E-state index is 13.1. The zero-order valence-corrected chi connectivity index (χ0v) is 21.7. The second-order valence-electron chi connectivity index (χ2n) is 9.16. The molecule has 0 saturated heterocycles. The van der Waals surface area contributed by atoms with Gasteiger partial charge in [-0.1, -0.05) is 18.2 Å². The maximum Gasteiger partial charge on any atom is 0.335 e. The lowest BCUT2D eigenvalue weighted by molar-refractivity contribution is 0.0696. The lowest BCUT2D eigenvalue weighted by Crippen LogP contribution is -2.08. The molecule has 4 aromatic rings. The summed E-state index contributed by atoms with van der Waals surface area (Å²) in [6, 6.07) is 15.8. The molecule has 0 radical (unpaired) electrons. The fraction of sp³-hybridized carbons (Fsp3) is 0. The van der Waals surface area contributed by atoms with Crippen molar-refractivity contribution in [1.82, 2.24) is 9.97 Å². The molecule has 0 unspecified atom stereocenters. The molecule has 0 fully saturated rings. The van der Waals surface area contributed by atoms with E-state index in [1.165, 1.54) is 42.7 Å². The van der Waals surface area contributed by atoms with E-state index in [1.807, 2.05) is 0 Å². The summed E-state index contributed by atoms with van der Waals surface area (Å²) < 4.78 is 41.4. The van der Waals surface area contributed by atoms with Crippen molar-refractivity contribution in [2.75, 3.05) is 0 Å². The number of carboxylic acid groups (broad SMARTS) is 1. The quantitative estimate of drug-likeness (QED) is 0.183. The third kappa shape index (κ3) is 4.58. The van der Waals surface area contributed by atoms with Crippen LogP contribution in [0.25, 0.3) is 55.7 Å². The van der Waals surface area contributed by atoms with Crippen LogP contribution >= 0.6 is 0 Å². The summed E-state index contributed by atoms with van der Waals surface area (Å²) in [6.07, 6.45) is 6.16. The molecule has 0 atom stereocenters. The van der Waals surface area contributed by atoms with Gasteiger partial charge in [-0.05, 0) is 36.4 Å². The number of aromatic carboxylic acids is 1. The van der Waals surface area contributed by atoms with Gasteiger partial charge in [0.1, 0.15) is 22.0 Å². The molecule has 11 heteroatoms. The van der Waals surface area contributed by atoms with Gasteiger partial charge in [-0.2, -0.15) is 8.42 Å². The maximum atomic E-state index is 13.1. The van der Waals surface area contributed by atoms with Crippen molar-refractivity contribution in [3.8, 4) is 50.5 Å². The predicted molar refractivity (Wildman–Crippen MR) is 149 cm³/mol. The van der Waals surface area contributed by atoms with Crippen molar-refractivity contribution in [1.29, 1.82) is 0 Å². The first kappa shape index (κ1) is 25.9. The number of nitrogens with zero attached hydrogens (tertiary/aromatic N) is 2. The molecule has 2 aromatic heterocycles. The van der Waals surface area contributed by atoms with E-state index in [9.17, 15) is 32.8 Å². The van der Waals surface area contributed by atoms with E-state index in [1.54, 1.807) is 42.7 Å². The first-order valence-corrected chi connectivity index (χ1v) is 13.5. The number of carbonyl (C=O) groups is 1. The summed E-state index contributed by atoms with van der Waals surface area (Å²) in [5.74, 6) is -1.48. The first-order chi connectivity index (χ1) is 19.6. The minimum atomic E-state index is -4.94. The Bertz CT molecular complexity index is 2130. The monoisotopic (exact) mass is 566 g/mol. The van der Waals surface area contributed by atoms with Crippen molar-refractivity contribution >= 4 is 27.1 Å². The Kier molecular flexibility index (Phi) is 6.10. The number of aromatic nitrogens is 2. The van der Waals surface area contributed by atoms with E-state index >= 15 is 0 Å². The number of aromatic hydroxyl groups is 1. The molecule has 0 spiro atoms. The lowest BCUT2D eigenvalue weighted by atomic mass is 9.89. The summed E-state index contributed by atoms with van der Waals surface area (Å²) >= 11 is 0. The van der Waals surface area contributed by atoms with Crippen LogP contribution in [-0.4, -0.2) is 39.1 Å². The van der Waals surface area contributed by atoms with Crippen LogP contribution in [-0.2, 0) is 10.1 Å². The van der Waals surface area contributed by atoms with Gasteiger partial charge in [0.05, 0.1) is 5.56 Å².